The molecule has 230 valence electrons. The summed E-state index contributed by atoms with van der Waals surface area (Å²) in [6.45, 7) is 5.47. The minimum atomic E-state index is -4.10. The first-order valence-corrected chi connectivity index (χ1v) is 16.4. The number of benzene rings is 3. The highest BCUT2D eigenvalue weighted by Crippen LogP contribution is 2.27. The van der Waals surface area contributed by atoms with Crippen LogP contribution in [0.1, 0.15) is 69.9 Å². The zero-order valence-corrected chi connectivity index (χ0v) is 26.3. The highest BCUT2D eigenvalue weighted by atomic mass is 32.2. The van der Waals surface area contributed by atoms with Gasteiger partial charge in [-0.05, 0) is 73.2 Å². The van der Waals surface area contributed by atoms with E-state index in [0.29, 0.717) is 11.4 Å². The quantitative estimate of drug-likeness (QED) is 0.278. The molecule has 1 aliphatic carbocycles. The van der Waals surface area contributed by atoms with Crippen molar-refractivity contribution in [2.24, 2.45) is 0 Å². The van der Waals surface area contributed by atoms with Crippen LogP contribution in [0.15, 0.2) is 83.8 Å². The molecule has 1 saturated carbocycles. The topological polar surface area (TPSA) is 96.0 Å². The number of methoxy groups -OCH3 is 1. The average molecular weight is 606 g/mol. The number of nitrogens with zero attached hydrogens (tertiary/aromatic N) is 2. The van der Waals surface area contributed by atoms with Crippen LogP contribution in [0.3, 0.4) is 0 Å². The van der Waals surface area contributed by atoms with Crippen LogP contribution in [0.2, 0.25) is 0 Å². The Balaban J connectivity index is 1.68. The lowest BCUT2D eigenvalue weighted by Gasteiger charge is -2.33. The number of carbonyl (C=O) groups is 2. The number of hydrogen-bond acceptors (Lipinski definition) is 5. The monoisotopic (exact) mass is 605 g/mol. The van der Waals surface area contributed by atoms with E-state index < -0.39 is 28.5 Å². The number of hydrogen-bond donors (Lipinski definition) is 1. The Kier molecular flexibility index (Phi) is 10.9. The van der Waals surface area contributed by atoms with Crippen molar-refractivity contribution in [2.45, 2.75) is 82.3 Å². The fourth-order valence-corrected chi connectivity index (χ4v) is 6.83. The second kappa shape index (κ2) is 14.6. The van der Waals surface area contributed by atoms with Crippen LogP contribution in [-0.4, -0.2) is 50.9 Å². The number of amides is 2. The summed E-state index contributed by atoms with van der Waals surface area (Å²) in [5.41, 5.74) is 2.20. The van der Waals surface area contributed by atoms with Gasteiger partial charge in [-0.3, -0.25) is 13.9 Å². The maximum Gasteiger partial charge on any atom is 0.264 e. The summed E-state index contributed by atoms with van der Waals surface area (Å²) >= 11 is 0. The fraction of sp³-hybridized carbons (Fsp3) is 0.412. The predicted molar refractivity (Wildman–Crippen MR) is 170 cm³/mol. The fourth-order valence-electron chi connectivity index (χ4n) is 5.39. The molecule has 3 aromatic rings. The van der Waals surface area contributed by atoms with E-state index in [1.165, 1.54) is 17.0 Å². The van der Waals surface area contributed by atoms with Crippen molar-refractivity contribution in [1.82, 2.24) is 10.2 Å². The van der Waals surface area contributed by atoms with Gasteiger partial charge in [-0.2, -0.15) is 0 Å². The second-order valence-electron chi connectivity index (χ2n) is 11.5. The van der Waals surface area contributed by atoms with Gasteiger partial charge < -0.3 is 15.0 Å². The summed E-state index contributed by atoms with van der Waals surface area (Å²) in [7, 11) is -2.53. The van der Waals surface area contributed by atoms with Crippen molar-refractivity contribution < 1.29 is 22.7 Å². The number of ether oxygens (including phenoxy) is 1. The van der Waals surface area contributed by atoms with E-state index in [-0.39, 0.29) is 29.3 Å². The Labute approximate surface area is 256 Å². The number of rotatable bonds is 12. The average Bonchev–Trinajstić information content (AvgIpc) is 3.03. The van der Waals surface area contributed by atoms with Gasteiger partial charge in [-0.1, -0.05) is 75.6 Å². The predicted octanol–water partition coefficient (Wildman–Crippen LogP) is 5.88. The third-order valence-corrected chi connectivity index (χ3v) is 9.85. The lowest BCUT2D eigenvalue weighted by atomic mass is 9.95. The highest BCUT2D eigenvalue weighted by molar-refractivity contribution is 7.92. The maximum atomic E-state index is 14.2. The lowest BCUT2D eigenvalue weighted by molar-refractivity contribution is -0.139. The van der Waals surface area contributed by atoms with Crippen LogP contribution in [0.25, 0.3) is 0 Å². The molecular weight excluding hydrogens is 562 g/mol. The van der Waals surface area contributed by atoms with Gasteiger partial charge in [0.2, 0.25) is 11.8 Å². The molecule has 9 heteroatoms. The summed E-state index contributed by atoms with van der Waals surface area (Å²) in [6.07, 6.45) is 5.11. The van der Waals surface area contributed by atoms with Crippen molar-refractivity contribution in [1.29, 1.82) is 0 Å². The number of nitrogens with one attached hydrogen (secondary N) is 1. The van der Waals surface area contributed by atoms with Gasteiger partial charge in [0.25, 0.3) is 10.0 Å². The first kappa shape index (κ1) is 32.1. The molecule has 0 aliphatic heterocycles. The molecule has 0 heterocycles. The van der Waals surface area contributed by atoms with Gasteiger partial charge >= 0.3 is 0 Å². The first-order valence-electron chi connectivity index (χ1n) is 15.0. The summed E-state index contributed by atoms with van der Waals surface area (Å²) in [5, 5.41) is 3.13. The molecule has 1 aliphatic rings. The molecule has 8 nitrogen and oxygen atoms in total. The molecule has 0 aromatic heterocycles. The van der Waals surface area contributed by atoms with E-state index >= 15 is 0 Å². The van der Waals surface area contributed by atoms with Gasteiger partial charge in [-0.15, -0.1) is 0 Å². The van der Waals surface area contributed by atoms with Crippen LogP contribution in [-0.2, 0) is 26.2 Å². The molecule has 0 bridgehead atoms. The largest absolute Gasteiger partial charge is 0.497 e. The van der Waals surface area contributed by atoms with Gasteiger partial charge in [0.05, 0.1) is 17.7 Å². The van der Waals surface area contributed by atoms with E-state index in [1.807, 2.05) is 36.4 Å². The van der Waals surface area contributed by atoms with E-state index in [9.17, 15) is 18.0 Å². The molecule has 2 amide bonds. The minimum Gasteiger partial charge on any atom is -0.497 e. The molecule has 0 radical (unpaired) electrons. The Morgan fingerprint density at radius 1 is 0.907 bits per heavy atom. The maximum absolute atomic E-state index is 14.2. The van der Waals surface area contributed by atoms with Gasteiger partial charge in [0.15, 0.2) is 0 Å². The zero-order valence-electron chi connectivity index (χ0n) is 25.5. The minimum absolute atomic E-state index is 0.0758. The van der Waals surface area contributed by atoms with Crippen LogP contribution in [0, 0.1) is 0 Å². The Morgan fingerprint density at radius 2 is 1.58 bits per heavy atom. The Bertz CT molecular complexity index is 1470. The molecule has 4 rings (SSSR count). The van der Waals surface area contributed by atoms with E-state index in [4.69, 9.17) is 4.74 Å². The molecule has 1 fully saturated rings. The summed E-state index contributed by atoms with van der Waals surface area (Å²) in [4.78, 5) is 29.2. The van der Waals surface area contributed by atoms with E-state index in [1.54, 1.807) is 44.4 Å². The lowest BCUT2D eigenvalue weighted by Crippen LogP contribution is -2.53. The Hall–Kier alpha value is -3.85. The van der Waals surface area contributed by atoms with Gasteiger partial charge in [-0.25, -0.2) is 8.42 Å². The zero-order chi connectivity index (χ0) is 31.0. The van der Waals surface area contributed by atoms with E-state index in [0.717, 1.165) is 47.5 Å². The first-order chi connectivity index (χ1) is 20.6. The third-order valence-electron chi connectivity index (χ3n) is 8.06. The molecule has 3 aromatic carbocycles. The number of anilines is 1. The molecule has 43 heavy (non-hydrogen) atoms. The highest BCUT2D eigenvalue weighted by Gasteiger charge is 2.33. The van der Waals surface area contributed by atoms with Gasteiger partial charge in [0, 0.05) is 12.6 Å². The Morgan fingerprint density at radius 3 is 2.21 bits per heavy atom. The normalized spacial score (nSPS) is 14.6. The van der Waals surface area contributed by atoms with Crippen molar-refractivity contribution in [3.05, 3.63) is 90.0 Å². The summed E-state index contributed by atoms with van der Waals surface area (Å²) in [5.74, 6) is 0.155. The van der Waals surface area contributed by atoms with Crippen LogP contribution in [0.5, 0.6) is 5.75 Å². The SMILES string of the molecule is COc1cccc(CN(C(=O)CN(c2ccc(C(C)C)cc2)S(=O)(=O)c2ccccc2)[C@H](C)C(=O)NC2CCCCC2)c1. The molecule has 0 spiro atoms. The third kappa shape index (κ3) is 8.16. The molecule has 1 N–H and O–H groups in total. The molecular formula is C34H43N3O5S. The molecule has 0 saturated heterocycles. The number of sulfonamides is 1. The van der Waals surface area contributed by atoms with Crippen molar-refractivity contribution in [3.63, 3.8) is 0 Å². The van der Waals surface area contributed by atoms with Crippen LogP contribution >= 0.6 is 0 Å². The summed E-state index contributed by atoms with van der Waals surface area (Å²) in [6, 6.07) is 21.9. The van der Waals surface area contributed by atoms with Crippen molar-refractivity contribution in [2.75, 3.05) is 18.0 Å². The summed E-state index contributed by atoms with van der Waals surface area (Å²) < 4.78 is 34.5. The number of carbonyl (C=O) groups excluding carboxylic acids is 2. The van der Waals surface area contributed by atoms with E-state index in [2.05, 4.69) is 19.2 Å². The standard InChI is InChI=1S/C34H43N3O5S/c1-25(2)28-18-20-30(21-19-28)37(43(40,41)32-16-9-6-10-17-32)24-33(38)36(23-27-12-11-15-31(22-27)42-4)26(3)34(39)35-29-13-7-5-8-14-29/h6,9-12,15-22,25-26,29H,5,7-8,13-14,23-24H2,1-4H3,(H,35,39)/t26-/m1/s1. The van der Waals surface area contributed by atoms with Crippen LogP contribution < -0.4 is 14.4 Å². The van der Waals surface area contributed by atoms with Crippen molar-refractivity contribution >= 4 is 27.5 Å². The van der Waals surface area contributed by atoms with Crippen LogP contribution in [0.4, 0.5) is 5.69 Å². The van der Waals surface area contributed by atoms with Gasteiger partial charge in [0.1, 0.15) is 18.3 Å². The smallest absolute Gasteiger partial charge is 0.264 e. The second-order valence-corrected chi connectivity index (χ2v) is 13.3. The molecule has 1 atom stereocenters. The van der Waals surface area contributed by atoms with Crippen molar-refractivity contribution in [3.8, 4) is 5.75 Å². The molecule has 0 unspecified atom stereocenters.